The summed E-state index contributed by atoms with van der Waals surface area (Å²) in [4.78, 5) is 27.0. The highest BCUT2D eigenvalue weighted by atomic mass is 35.5. The first-order valence-electron chi connectivity index (χ1n) is 8.77. The van der Waals surface area contributed by atoms with Crippen LogP contribution in [0.2, 0.25) is 15.1 Å². The molecule has 1 fully saturated rings. The van der Waals surface area contributed by atoms with E-state index in [0.29, 0.717) is 57.9 Å². The van der Waals surface area contributed by atoms with E-state index < -0.39 is 0 Å². The zero-order valence-corrected chi connectivity index (χ0v) is 17.4. The summed E-state index contributed by atoms with van der Waals surface area (Å²) in [6.07, 6.45) is 1.27. The maximum atomic E-state index is 12.8. The summed E-state index contributed by atoms with van der Waals surface area (Å²) in [7, 11) is 1.52. The number of piperidine rings is 1. The second-order valence-corrected chi connectivity index (χ2v) is 7.79. The average molecular weight is 442 g/mol. The van der Waals surface area contributed by atoms with Gasteiger partial charge in [0.1, 0.15) is 5.75 Å². The van der Waals surface area contributed by atoms with E-state index in [1.165, 1.54) is 7.11 Å². The van der Waals surface area contributed by atoms with Crippen molar-refractivity contribution < 1.29 is 14.3 Å². The Morgan fingerprint density at radius 3 is 2.25 bits per heavy atom. The number of hydrogen-bond acceptors (Lipinski definition) is 3. The van der Waals surface area contributed by atoms with Gasteiger partial charge in [0, 0.05) is 29.2 Å². The van der Waals surface area contributed by atoms with Crippen molar-refractivity contribution >= 4 is 46.6 Å². The van der Waals surface area contributed by atoms with Crippen molar-refractivity contribution in [1.29, 1.82) is 0 Å². The molecule has 0 spiro atoms. The highest BCUT2D eigenvalue weighted by Crippen LogP contribution is 2.26. The summed E-state index contributed by atoms with van der Waals surface area (Å²) in [5.74, 6) is 0.0798. The zero-order valence-electron chi connectivity index (χ0n) is 15.2. The molecule has 5 nitrogen and oxygen atoms in total. The smallest absolute Gasteiger partial charge is 0.257 e. The Morgan fingerprint density at radius 2 is 1.61 bits per heavy atom. The van der Waals surface area contributed by atoms with E-state index >= 15 is 0 Å². The van der Waals surface area contributed by atoms with Crippen molar-refractivity contribution in [2.75, 3.05) is 20.2 Å². The second kappa shape index (κ2) is 9.03. The monoisotopic (exact) mass is 440 g/mol. The molecular weight excluding hydrogens is 423 g/mol. The van der Waals surface area contributed by atoms with Gasteiger partial charge in [-0.15, -0.1) is 0 Å². The van der Waals surface area contributed by atoms with Crippen LogP contribution in [0.1, 0.15) is 33.6 Å². The number of benzene rings is 2. The number of nitrogens with one attached hydrogen (secondary N) is 1. The molecule has 0 atom stereocenters. The van der Waals surface area contributed by atoms with Gasteiger partial charge in [-0.2, -0.15) is 0 Å². The van der Waals surface area contributed by atoms with Crippen LogP contribution in [0.5, 0.6) is 5.75 Å². The van der Waals surface area contributed by atoms with E-state index in [4.69, 9.17) is 39.5 Å². The highest BCUT2D eigenvalue weighted by Gasteiger charge is 2.27. The SMILES string of the molecule is COc1ccc(Cl)cc1C(=O)N1CCC(NC(=O)c2cc(Cl)ccc2Cl)CC1. The Morgan fingerprint density at radius 1 is 1.00 bits per heavy atom. The lowest BCUT2D eigenvalue weighted by Crippen LogP contribution is -2.46. The van der Waals surface area contributed by atoms with Crippen LogP contribution in [0.15, 0.2) is 36.4 Å². The third-order valence-corrected chi connectivity index (χ3v) is 5.48. The number of hydrogen-bond donors (Lipinski definition) is 1. The number of rotatable bonds is 4. The van der Waals surface area contributed by atoms with Crippen LogP contribution >= 0.6 is 34.8 Å². The van der Waals surface area contributed by atoms with Crippen LogP contribution in [-0.2, 0) is 0 Å². The Labute approximate surface area is 178 Å². The standard InChI is InChI=1S/C20H19Cl3N2O3/c1-28-18-5-3-13(22)11-16(18)20(27)25-8-6-14(7-9-25)24-19(26)15-10-12(21)2-4-17(15)23/h2-5,10-11,14H,6-9H2,1H3,(H,24,26). The number of carbonyl (C=O) groups excluding carboxylic acids is 2. The Balaban J connectivity index is 1.62. The fraction of sp³-hybridized carbons (Fsp3) is 0.300. The zero-order chi connectivity index (χ0) is 20.3. The Hall–Kier alpha value is -1.95. The van der Waals surface area contributed by atoms with E-state index in [-0.39, 0.29) is 17.9 Å². The molecular formula is C20H19Cl3N2O3. The van der Waals surface area contributed by atoms with Crippen LogP contribution in [0.4, 0.5) is 0 Å². The quantitative estimate of drug-likeness (QED) is 0.749. The minimum atomic E-state index is -0.270. The van der Waals surface area contributed by atoms with Crippen molar-refractivity contribution in [3.8, 4) is 5.75 Å². The van der Waals surface area contributed by atoms with Crippen molar-refractivity contribution in [3.05, 3.63) is 62.6 Å². The minimum Gasteiger partial charge on any atom is -0.496 e. The third-order valence-electron chi connectivity index (χ3n) is 4.68. The second-order valence-electron chi connectivity index (χ2n) is 6.51. The topological polar surface area (TPSA) is 58.6 Å². The highest BCUT2D eigenvalue weighted by molar-refractivity contribution is 6.35. The molecule has 2 aromatic rings. The lowest BCUT2D eigenvalue weighted by Gasteiger charge is -2.32. The predicted octanol–water partition coefficient (Wildman–Crippen LogP) is 4.69. The molecule has 0 unspecified atom stereocenters. The molecule has 0 aliphatic carbocycles. The molecule has 3 rings (SSSR count). The van der Waals surface area contributed by atoms with Crippen molar-refractivity contribution in [2.24, 2.45) is 0 Å². The summed E-state index contributed by atoms with van der Waals surface area (Å²) in [5, 5.41) is 4.24. The summed E-state index contributed by atoms with van der Waals surface area (Å²) < 4.78 is 5.27. The molecule has 8 heteroatoms. The number of nitrogens with zero attached hydrogens (tertiary/aromatic N) is 1. The van der Waals surface area contributed by atoms with Crippen molar-refractivity contribution in [1.82, 2.24) is 10.2 Å². The number of ether oxygens (including phenoxy) is 1. The molecule has 0 aromatic heterocycles. The largest absolute Gasteiger partial charge is 0.496 e. The summed E-state index contributed by atoms with van der Waals surface area (Å²) in [6.45, 7) is 1.03. The van der Waals surface area contributed by atoms with Gasteiger partial charge in [0.2, 0.25) is 0 Å². The van der Waals surface area contributed by atoms with Crippen LogP contribution in [0.3, 0.4) is 0 Å². The third kappa shape index (κ3) is 4.72. The molecule has 0 bridgehead atoms. The molecule has 1 aliphatic rings. The summed E-state index contributed by atoms with van der Waals surface area (Å²) in [6, 6.07) is 9.69. The first-order chi connectivity index (χ1) is 13.4. The van der Waals surface area contributed by atoms with Crippen molar-refractivity contribution in [2.45, 2.75) is 18.9 Å². The van der Waals surface area contributed by atoms with Gasteiger partial charge in [-0.1, -0.05) is 34.8 Å². The van der Waals surface area contributed by atoms with Crippen LogP contribution in [0, 0.1) is 0 Å². The molecule has 2 amide bonds. The first kappa shape index (κ1) is 20.8. The number of carbonyl (C=O) groups is 2. The molecule has 2 aromatic carbocycles. The molecule has 1 N–H and O–H groups in total. The van der Waals surface area contributed by atoms with Crippen molar-refractivity contribution in [3.63, 3.8) is 0 Å². The predicted molar refractivity (Wildman–Crippen MR) is 111 cm³/mol. The normalized spacial score (nSPS) is 14.6. The lowest BCUT2D eigenvalue weighted by atomic mass is 10.0. The maximum Gasteiger partial charge on any atom is 0.257 e. The van der Waals surface area contributed by atoms with E-state index in [0.717, 1.165) is 0 Å². The van der Waals surface area contributed by atoms with Gasteiger partial charge in [0.25, 0.3) is 11.8 Å². The van der Waals surface area contributed by atoms with Crippen LogP contribution in [0.25, 0.3) is 0 Å². The van der Waals surface area contributed by atoms with E-state index in [2.05, 4.69) is 5.32 Å². The van der Waals surface area contributed by atoms with Crippen LogP contribution in [-0.4, -0.2) is 43.0 Å². The Kier molecular flexibility index (Phi) is 6.70. The van der Waals surface area contributed by atoms with Gasteiger partial charge >= 0.3 is 0 Å². The number of amides is 2. The van der Waals surface area contributed by atoms with E-state index in [9.17, 15) is 9.59 Å². The molecule has 0 saturated carbocycles. The fourth-order valence-corrected chi connectivity index (χ4v) is 3.73. The van der Waals surface area contributed by atoms with E-state index in [1.807, 2.05) is 0 Å². The van der Waals surface area contributed by atoms with Gasteiger partial charge in [-0.05, 0) is 49.2 Å². The van der Waals surface area contributed by atoms with Crippen LogP contribution < -0.4 is 10.1 Å². The van der Waals surface area contributed by atoms with Gasteiger partial charge in [-0.3, -0.25) is 9.59 Å². The molecule has 1 aliphatic heterocycles. The molecule has 28 heavy (non-hydrogen) atoms. The molecule has 148 valence electrons. The molecule has 1 heterocycles. The lowest BCUT2D eigenvalue weighted by molar-refractivity contribution is 0.0695. The molecule has 1 saturated heterocycles. The minimum absolute atomic E-state index is 0.0483. The number of methoxy groups -OCH3 is 1. The van der Waals surface area contributed by atoms with Gasteiger partial charge in [0.05, 0.1) is 23.3 Å². The first-order valence-corrected chi connectivity index (χ1v) is 9.91. The van der Waals surface area contributed by atoms with Gasteiger partial charge in [-0.25, -0.2) is 0 Å². The maximum absolute atomic E-state index is 12.8. The Bertz CT molecular complexity index is 896. The van der Waals surface area contributed by atoms with E-state index in [1.54, 1.807) is 41.3 Å². The fourth-order valence-electron chi connectivity index (χ4n) is 3.18. The number of halogens is 3. The molecule has 0 radical (unpaired) electrons. The van der Waals surface area contributed by atoms with Gasteiger partial charge < -0.3 is 15.0 Å². The summed E-state index contributed by atoms with van der Waals surface area (Å²) >= 11 is 18.1. The van der Waals surface area contributed by atoms with Gasteiger partial charge in [0.15, 0.2) is 0 Å². The average Bonchev–Trinajstić information content (AvgIpc) is 2.69. The summed E-state index contributed by atoms with van der Waals surface area (Å²) in [5.41, 5.74) is 0.777. The number of likely N-dealkylation sites (tertiary alicyclic amines) is 1.